The summed E-state index contributed by atoms with van der Waals surface area (Å²) in [6.07, 6.45) is 2.80. The van der Waals surface area contributed by atoms with E-state index in [0.717, 1.165) is 19.3 Å². The number of carbonyl (C=O) groups is 2. The zero-order valence-electron chi connectivity index (χ0n) is 12.0. The Hall–Kier alpha value is -1.10. The van der Waals surface area contributed by atoms with E-state index in [1.165, 1.54) is 0 Å². The molecule has 19 heavy (non-hydrogen) atoms. The number of carbonyl (C=O) groups excluding carboxylic acids is 2. The van der Waals surface area contributed by atoms with Gasteiger partial charge in [-0.1, -0.05) is 13.8 Å². The number of nitrogens with two attached hydrogens (primary N) is 1. The Morgan fingerprint density at radius 1 is 1.11 bits per heavy atom. The van der Waals surface area contributed by atoms with E-state index in [2.05, 4.69) is 13.8 Å². The molecule has 1 atom stereocenters. The summed E-state index contributed by atoms with van der Waals surface area (Å²) in [5.41, 5.74) is 5.93. The van der Waals surface area contributed by atoms with Crippen molar-refractivity contribution in [3.8, 4) is 0 Å². The predicted molar refractivity (Wildman–Crippen MR) is 73.3 cm³/mol. The average molecular weight is 267 g/mol. The smallest absolute Gasteiger partial charge is 0.239 e. The minimum absolute atomic E-state index is 0.0345. The van der Waals surface area contributed by atoms with Crippen molar-refractivity contribution in [1.82, 2.24) is 9.80 Å². The molecule has 2 aliphatic rings. The molecule has 1 aliphatic carbocycles. The van der Waals surface area contributed by atoms with Gasteiger partial charge in [0.15, 0.2) is 0 Å². The Morgan fingerprint density at radius 2 is 1.63 bits per heavy atom. The molecule has 0 aromatic carbocycles. The standard InChI is InChI=1S/C14H25N3O2/c1-10(2)9-12(15)14(19)17-7-5-16(6-8-17)13(18)11-3-4-11/h10-12H,3-9,15H2,1-2H3. The van der Waals surface area contributed by atoms with E-state index in [1.54, 1.807) is 0 Å². The van der Waals surface area contributed by atoms with E-state index in [4.69, 9.17) is 5.73 Å². The molecule has 1 unspecified atom stereocenters. The molecule has 2 rings (SSSR count). The topological polar surface area (TPSA) is 66.6 Å². The van der Waals surface area contributed by atoms with Crippen LogP contribution in [-0.2, 0) is 9.59 Å². The van der Waals surface area contributed by atoms with Crippen LogP contribution in [0.4, 0.5) is 0 Å². The average Bonchev–Trinajstić information content (AvgIpc) is 3.20. The molecule has 0 aromatic heterocycles. The lowest BCUT2D eigenvalue weighted by Gasteiger charge is -2.36. The second-order valence-corrected chi connectivity index (χ2v) is 6.16. The normalized spacial score (nSPS) is 21.7. The molecule has 108 valence electrons. The summed E-state index contributed by atoms with van der Waals surface area (Å²) in [4.78, 5) is 27.8. The number of rotatable bonds is 4. The first-order valence-electron chi connectivity index (χ1n) is 7.32. The molecule has 0 bridgehead atoms. The van der Waals surface area contributed by atoms with Gasteiger partial charge in [-0.25, -0.2) is 0 Å². The first kappa shape index (κ1) is 14.3. The van der Waals surface area contributed by atoms with Crippen LogP contribution in [0.5, 0.6) is 0 Å². The third-order valence-electron chi connectivity index (χ3n) is 3.87. The lowest BCUT2D eigenvalue weighted by molar-refractivity contribution is -0.141. The maximum Gasteiger partial charge on any atom is 0.239 e. The number of nitrogens with zero attached hydrogens (tertiary/aromatic N) is 2. The zero-order chi connectivity index (χ0) is 14.0. The van der Waals surface area contributed by atoms with Gasteiger partial charge in [-0.3, -0.25) is 9.59 Å². The fourth-order valence-electron chi connectivity index (χ4n) is 2.58. The van der Waals surface area contributed by atoms with Gasteiger partial charge in [-0.15, -0.1) is 0 Å². The van der Waals surface area contributed by atoms with Gasteiger partial charge in [0.2, 0.25) is 11.8 Å². The molecule has 1 aliphatic heterocycles. The van der Waals surface area contributed by atoms with Gasteiger partial charge < -0.3 is 15.5 Å². The van der Waals surface area contributed by atoms with Crippen LogP contribution in [0.25, 0.3) is 0 Å². The number of amides is 2. The summed E-state index contributed by atoms with van der Waals surface area (Å²) >= 11 is 0. The van der Waals surface area contributed by atoms with Crippen LogP contribution in [0.3, 0.4) is 0 Å². The van der Waals surface area contributed by atoms with Crippen molar-refractivity contribution in [1.29, 1.82) is 0 Å². The summed E-state index contributed by atoms with van der Waals surface area (Å²) in [6, 6.07) is -0.398. The van der Waals surface area contributed by atoms with Crippen LogP contribution < -0.4 is 5.73 Å². The third-order valence-corrected chi connectivity index (χ3v) is 3.87. The fourth-order valence-corrected chi connectivity index (χ4v) is 2.58. The molecule has 5 nitrogen and oxygen atoms in total. The Kier molecular flexibility index (Phi) is 4.45. The van der Waals surface area contributed by atoms with Crippen LogP contribution in [0.15, 0.2) is 0 Å². The van der Waals surface area contributed by atoms with E-state index in [-0.39, 0.29) is 17.7 Å². The van der Waals surface area contributed by atoms with Crippen molar-refractivity contribution in [3.05, 3.63) is 0 Å². The summed E-state index contributed by atoms with van der Waals surface area (Å²) in [5, 5.41) is 0. The largest absolute Gasteiger partial charge is 0.339 e. The molecule has 1 heterocycles. The van der Waals surface area contributed by atoms with Crippen molar-refractivity contribution < 1.29 is 9.59 Å². The minimum atomic E-state index is -0.398. The van der Waals surface area contributed by atoms with Gasteiger partial charge in [0, 0.05) is 32.1 Å². The number of hydrogen-bond acceptors (Lipinski definition) is 3. The van der Waals surface area contributed by atoms with E-state index in [0.29, 0.717) is 32.1 Å². The van der Waals surface area contributed by atoms with Gasteiger partial charge in [0.05, 0.1) is 6.04 Å². The van der Waals surface area contributed by atoms with Gasteiger partial charge in [0.1, 0.15) is 0 Å². The van der Waals surface area contributed by atoms with Crippen molar-refractivity contribution in [3.63, 3.8) is 0 Å². The van der Waals surface area contributed by atoms with E-state index in [9.17, 15) is 9.59 Å². The van der Waals surface area contributed by atoms with E-state index >= 15 is 0 Å². The van der Waals surface area contributed by atoms with E-state index < -0.39 is 6.04 Å². The van der Waals surface area contributed by atoms with E-state index in [1.807, 2.05) is 9.80 Å². The molecule has 0 aromatic rings. The van der Waals surface area contributed by atoms with Crippen molar-refractivity contribution in [2.45, 2.75) is 39.2 Å². The SMILES string of the molecule is CC(C)CC(N)C(=O)N1CCN(C(=O)C2CC2)CC1. The molecule has 5 heteroatoms. The minimum Gasteiger partial charge on any atom is -0.339 e. The lowest BCUT2D eigenvalue weighted by Crippen LogP contribution is -2.54. The summed E-state index contributed by atoms with van der Waals surface area (Å²) in [5.74, 6) is 1.01. The maximum atomic E-state index is 12.2. The molecule has 2 N–H and O–H groups in total. The van der Waals surface area contributed by atoms with Gasteiger partial charge in [0.25, 0.3) is 0 Å². The second kappa shape index (κ2) is 5.90. The summed E-state index contributed by atoms with van der Waals surface area (Å²) in [6.45, 7) is 6.72. The number of hydrogen-bond donors (Lipinski definition) is 1. The molecular weight excluding hydrogens is 242 g/mol. The lowest BCUT2D eigenvalue weighted by atomic mass is 10.0. The van der Waals surface area contributed by atoms with Crippen LogP contribution in [0.1, 0.15) is 33.1 Å². The Bertz CT molecular complexity index is 345. The van der Waals surface area contributed by atoms with Gasteiger partial charge in [-0.2, -0.15) is 0 Å². The second-order valence-electron chi connectivity index (χ2n) is 6.16. The Morgan fingerprint density at radius 3 is 2.11 bits per heavy atom. The van der Waals surface area contributed by atoms with Crippen molar-refractivity contribution in [2.75, 3.05) is 26.2 Å². The highest BCUT2D eigenvalue weighted by Gasteiger charge is 2.35. The van der Waals surface area contributed by atoms with Crippen molar-refractivity contribution >= 4 is 11.8 Å². The monoisotopic (exact) mass is 267 g/mol. The van der Waals surface area contributed by atoms with Crippen LogP contribution in [0, 0.1) is 11.8 Å². The fraction of sp³-hybridized carbons (Fsp3) is 0.857. The maximum absolute atomic E-state index is 12.2. The highest BCUT2D eigenvalue weighted by atomic mass is 16.2. The molecule has 2 fully saturated rings. The summed E-state index contributed by atoms with van der Waals surface area (Å²) < 4.78 is 0. The summed E-state index contributed by atoms with van der Waals surface area (Å²) in [7, 11) is 0. The molecule has 1 saturated carbocycles. The van der Waals surface area contributed by atoms with Crippen LogP contribution in [0.2, 0.25) is 0 Å². The number of piperazine rings is 1. The molecule has 1 saturated heterocycles. The molecule has 0 spiro atoms. The van der Waals surface area contributed by atoms with Crippen LogP contribution in [-0.4, -0.2) is 53.8 Å². The van der Waals surface area contributed by atoms with Gasteiger partial charge in [-0.05, 0) is 25.2 Å². The zero-order valence-corrected chi connectivity index (χ0v) is 12.0. The van der Waals surface area contributed by atoms with Crippen LogP contribution >= 0.6 is 0 Å². The highest BCUT2D eigenvalue weighted by Crippen LogP contribution is 2.31. The molecule has 0 radical (unpaired) electrons. The first-order chi connectivity index (χ1) is 8.99. The predicted octanol–water partition coefficient (Wildman–Crippen LogP) is 0.441. The third kappa shape index (κ3) is 3.69. The molecule has 2 amide bonds. The Balaban J connectivity index is 1.78. The van der Waals surface area contributed by atoms with Gasteiger partial charge >= 0.3 is 0 Å². The quantitative estimate of drug-likeness (QED) is 0.804. The van der Waals surface area contributed by atoms with Crippen molar-refractivity contribution in [2.24, 2.45) is 17.6 Å². The molecular formula is C14H25N3O2. The highest BCUT2D eigenvalue weighted by molar-refractivity contribution is 5.83. The Labute approximate surface area is 115 Å². The first-order valence-corrected chi connectivity index (χ1v) is 7.32.